The number of halogens is 1. The van der Waals surface area contributed by atoms with Crippen molar-refractivity contribution in [3.63, 3.8) is 0 Å². The maximum absolute atomic E-state index is 12.7. The lowest BCUT2D eigenvalue weighted by Gasteiger charge is -2.26. The Labute approximate surface area is 124 Å². The Balaban J connectivity index is 2.25. The van der Waals surface area contributed by atoms with Crippen LogP contribution >= 0.6 is 11.8 Å². The molecule has 0 unspecified atom stereocenters. The van der Waals surface area contributed by atoms with Gasteiger partial charge in [-0.1, -0.05) is 13.8 Å². The van der Waals surface area contributed by atoms with Crippen molar-refractivity contribution >= 4 is 17.7 Å². The van der Waals surface area contributed by atoms with Crippen molar-refractivity contribution in [3.05, 3.63) is 30.1 Å². The first kappa shape index (κ1) is 17.0. The van der Waals surface area contributed by atoms with Gasteiger partial charge in [0.05, 0.1) is 0 Å². The molecule has 0 aliphatic carbocycles. The van der Waals surface area contributed by atoms with E-state index < -0.39 is 0 Å². The molecule has 0 saturated carbocycles. The van der Waals surface area contributed by atoms with Crippen molar-refractivity contribution in [3.8, 4) is 0 Å². The summed E-state index contributed by atoms with van der Waals surface area (Å²) in [5, 5.41) is 2.88. The fraction of sp³-hybridized carbons (Fsp3) is 0.533. The SMILES string of the molecule is CCC(N)(CC)CNC(=O)CCSc1ccc(F)cc1. The summed E-state index contributed by atoms with van der Waals surface area (Å²) in [4.78, 5) is 12.7. The largest absolute Gasteiger partial charge is 0.354 e. The first-order valence-electron chi connectivity index (χ1n) is 6.93. The van der Waals surface area contributed by atoms with Crippen molar-refractivity contribution in [2.45, 2.75) is 43.5 Å². The Morgan fingerprint density at radius 2 is 1.90 bits per heavy atom. The van der Waals surface area contributed by atoms with E-state index >= 15 is 0 Å². The molecule has 3 nitrogen and oxygen atoms in total. The van der Waals surface area contributed by atoms with E-state index in [0.717, 1.165) is 17.7 Å². The summed E-state index contributed by atoms with van der Waals surface area (Å²) >= 11 is 1.54. The van der Waals surface area contributed by atoms with Gasteiger partial charge in [0, 0.05) is 29.2 Å². The molecule has 0 radical (unpaired) electrons. The minimum Gasteiger partial charge on any atom is -0.354 e. The predicted molar refractivity (Wildman–Crippen MR) is 82.3 cm³/mol. The third kappa shape index (κ3) is 5.92. The zero-order chi connectivity index (χ0) is 15.0. The summed E-state index contributed by atoms with van der Waals surface area (Å²) in [6.07, 6.45) is 2.12. The van der Waals surface area contributed by atoms with Gasteiger partial charge in [-0.25, -0.2) is 4.39 Å². The molecular weight excluding hydrogens is 275 g/mol. The van der Waals surface area contributed by atoms with Gasteiger partial charge in [-0.05, 0) is 37.1 Å². The van der Waals surface area contributed by atoms with Crippen LogP contribution in [0.5, 0.6) is 0 Å². The Hall–Kier alpha value is -1.07. The molecule has 112 valence electrons. The normalized spacial score (nSPS) is 11.4. The molecular formula is C15H23FN2OS. The lowest BCUT2D eigenvalue weighted by molar-refractivity contribution is -0.120. The van der Waals surface area contributed by atoms with Gasteiger partial charge >= 0.3 is 0 Å². The van der Waals surface area contributed by atoms with Crippen molar-refractivity contribution < 1.29 is 9.18 Å². The molecule has 0 aromatic heterocycles. The highest BCUT2D eigenvalue weighted by atomic mass is 32.2. The van der Waals surface area contributed by atoms with E-state index in [9.17, 15) is 9.18 Å². The van der Waals surface area contributed by atoms with Crippen LogP contribution in [0.25, 0.3) is 0 Å². The monoisotopic (exact) mass is 298 g/mol. The van der Waals surface area contributed by atoms with Crippen molar-refractivity contribution in [2.75, 3.05) is 12.3 Å². The van der Waals surface area contributed by atoms with Crippen LogP contribution in [0, 0.1) is 5.82 Å². The highest BCUT2D eigenvalue weighted by Crippen LogP contribution is 2.18. The molecule has 1 aromatic rings. The van der Waals surface area contributed by atoms with Gasteiger partial charge in [-0.15, -0.1) is 11.8 Å². The quantitative estimate of drug-likeness (QED) is 0.726. The molecule has 0 atom stereocenters. The van der Waals surface area contributed by atoms with Crippen LogP contribution in [0.4, 0.5) is 4.39 Å². The molecule has 0 saturated heterocycles. The second-order valence-electron chi connectivity index (χ2n) is 4.90. The first-order chi connectivity index (χ1) is 9.49. The maximum Gasteiger partial charge on any atom is 0.220 e. The molecule has 3 N–H and O–H groups in total. The number of rotatable bonds is 8. The predicted octanol–water partition coefficient (Wildman–Crippen LogP) is 2.94. The number of benzene rings is 1. The van der Waals surface area contributed by atoms with Crippen molar-refractivity contribution in [1.29, 1.82) is 0 Å². The first-order valence-corrected chi connectivity index (χ1v) is 7.91. The molecule has 0 spiro atoms. The summed E-state index contributed by atoms with van der Waals surface area (Å²) in [6.45, 7) is 4.57. The van der Waals surface area contributed by atoms with E-state index in [0.29, 0.717) is 18.7 Å². The highest BCUT2D eigenvalue weighted by molar-refractivity contribution is 7.99. The lowest BCUT2D eigenvalue weighted by atomic mass is 9.94. The van der Waals surface area contributed by atoms with Crippen LogP contribution in [0.1, 0.15) is 33.1 Å². The van der Waals surface area contributed by atoms with Crippen LogP contribution in [0.15, 0.2) is 29.2 Å². The summed E-state index contributed by atoms with van der Waals surface area (Å²) in [5.74, 6) is 0.439. The molecule has 0 heterocycles. The minimum absolute atomic E-state index is 0.0105. The van der Waals surface area contributed by atoms with Crippen molar-refractivity contribution in [1.82, 2.24) is 5.32 Å². The van der Waals surface area contributed by atoms with Crippen LogP contribution in [-0.4, -0.2) is 23.7 Å². The number of amides is 1. The van der Waals surface area contributed by atoms with Crippen LogP contribution < -0.4 is 11.1 Å². The van der Waals surface area contributed by atoms with E-state index in [4.69, 9.17) is 5.73 Å². The third-order valence-electron chi connectivity index (χ3n) is 3.46. The molecule has 0 aliphatic rings. The second-order valence-corrected chi connectivity index (χ2v) is 6.07. The summed E-state index contributed by atoms with van der Waals surface area (Å²) in [5.41, 5.74) is 5.82. The van der Waals surface area contributed by atoms with Gasteiger partial charge in [0.15, 0.2) is 0 Å². The number of carbonyl (C=O) groups excluding carboxylic acids is 1. The maximum atomic E-state index is 12.7. The van der Waals surface area contributed by atoms with E-state index in [2.05, 4.69) is 5.32 Å². The average molecular weight is 298 g/mol. The van der Waals surface area contributed by atoms with Gasteiger partial charge < -0.3 is 11.1 Å². The number of nitrogens with one attached hydrogen (secondary N) is 1. The lowest BCUT2D eigenvalue weighted by Crippen LogP contribution is -2.49. The molecule has 5 heteroatoms. The van der Waals surface area contributed by atoms with Gasteiger partial charge in [0.1, 0.15) is 5.82 Å². The zero-order valence-corrected chi connectivity index (χ0v) is 12.9. The fourth-order valence-corrected chi connectivity index (χ4v) is 2.51. The Bertz CT molecular complexity index is 418. The molecule has 0 fully saturated rings. The molecule has 1 amide bonds. The number of hydrogen-bond donors (Lipinski definition) is 2. The zero-order valence-electron chi connectivity index (χ0n) is 12.1. The number of carbonyl (C=O) groups is 1. The minimum atomic E-state index is -0.306. The Kier molecular flexibility index (Phi) is 7.02. The average Bonchev–Trinajstić information content (AvgIpc) is 2.47. The fourth-order valence-electron chi connectivity index (χ4n) is 1.66. The number of nitrogens with two attached hydrogens (primary N) is 1. The molecule has 1 rings (SSSR count). The Morgan fingerprint density at radius 1 is 1.30 bits per heavy atom. The second kappa shape index (κ2) is 8.27. The summed E-state index contributed by atoms with van der Waals surface area (Å²) in [7, 11) is 0. The summed E-state index contributed by atoms with van der Waals surface area (Å²) in [6, 6.07) is 6.29. The molecule has 20 heavy (non-hydrogen) atoms. The topological polar surface area (TPSA) is 55.1 Å². The van der Waals surface area contributed by atoms with Gasteiger partial charge in [0.2, 0.25) is 5.91 Å². The van der Waals surface area contributed by atoms with Gasteiger partial charge in [-0.3, -0.25) is 4.79 Å². The van der Waals surface area contributed by atoms with E-state index in [1.54, 1.807) is 23.9 Å². The standard InChI is InChI=1S/C15H23FN2OS/c1-3-15(17,4-2)11-18-14(19)9-10-20-13-7-5-12(16)6-8-13/h5-8H,3-4,9-11,17H2,1-2H3,(H,18,19). The van der Waals surface area contributed by atoms with Crippen LogP contribution in [-0.2, 0) is 4.79 Å². The van der Waals surface area contributed by atoms with E-state index in [-0.39, 0.29) is 17.3 Å². The Morgan fingerprint density at radius 3 is 2.45 bits per heavy atom. The van der Waals surface area contributed by atoms with Crippen LogP contribution in [0.2, 0.25) is 0 Å². The highest BCUT2D eigenvalue weighted by Gasteiger charge is 2.20. The molecule has 0 aliphatic heterocycles. The number of hydrogen-bond acceptors (Lipinski definition) is 3. The summed E-state index contributed by atoms with van der Waals surface area (Å²) < 4.78 is 12.7. The van der Waals surface area contributed by atoms with Gasteiger partial charge in [0.25, 0.3) is 0 Å². The third-order valence-corrected chi connectivity index (χ3v) is 4.47. The van der Waals surface area contributed by atoms with E-state index in [1.165, 1.54) is 12.1 Å². The van der Waals surface area contributed by atoms with E-state index in [1.807, 2.05) is 13.8 Å². The van der Waals surface area contributed by atoms with Gasteiger partial charge in [-0.2, -0.15) is 0 Å². The molecule has 1 aromatic carbocycles. The smallest absolute Gasteiger partial charge is 0.220 e. The van der Waals surface area contributed by atoms with Crippen LogP contribution in [0.3, 0.4) is 0 Å². The number of thioether (sulfide) groups is 1. The molecule has 0 bridgehead atoms. The van der Waals surface area contributed by atoms with Crippen molar-refractivity contribution in [2.24, 2.45) is 5.73 Å².